The molecule has 458 valence electrons. The van der Waals surface area contributed by atoms with E-state index in [9.17, 15) is 19.0 Å². The Labute approximate surface area is 479 Å². The summed E-state index contributed by atoms with van der Waals surface area (Å²) in [6.45, 7) is 4.49. The maximum Gasteiger partial charge on any atom is 0.472 e. The van der Waals surface area contributed by atoms with Crippen molar-refractivity contribution >= 4 is 19.8 Å². The number of likely N-dealkylation sites (N-methyl/N-ethyl adjacent to an activating group) is 1. The van der Waals surface area contributed by atoms with Gasteiger partial charge in [-0.2, -0.15) is 0 Å². The number of quaternary nitrogens is 1. The van der Waals surface area contributed by atoms with Crippen LogP contribution in [0.15, 0.2) is 12.2 Å². The fourth-order valence-electron chi connectivity index (χ4n) is 10.3. The minimum atomic E-state index is -4.38. The first-order chi connectivity index (χ1) is 37.5. The minimum Gasteiger partial charge on any atom is -0.462 e. The zero-order valence-corrected chi connectivity index (χ0v) is 53.1. The van der Waals surface area contributed by atoms with Gasteiger partial charge in [-0.05, 0) is 38.5 Å². The molecule has 0 spiro atoms. The van der Waals surface area contributed by atoms with E-state index < -0.39 is 26.5 Å². The van der Waals surface area contributed by atoms with Gasteiger partial charge in [0.2, 0.25) is 0 Å². The maximum absolute atomic E-state index is 12.8. The van der Waals surface area contributed by atoms with Gasteiger partial charge in [0.25, 0.3) is 0 Å². The first kappa shape index (κ1) is 75.8. The minimum absolute atomic E-state index is 0.0338. The van der Waals surface area contributed by atoms with E-state index in [1.807, 2.05) is 21.1 Å². The van der Waals surface area contributed by atoms with Gasteiger partial charge in [-0.15, -0.1) is 0 Å². The average molecular weight is 1110 g/mol. The van der Waals surface area contributed by atoms with Crippen molar-refractivity contribution in [1.29, 1.82) is 0 Å². The number of hydrogen-bond acceptors (Lipinski definition) is 7. The Morgan fingerprint density at radius 1 is 0.390 bits per heavy atom. The highest BCUT2D eigenvalue weighted by Crippen LogP contribution is 2.43. The molecule has 0 rings (SSSR count). The number of ether oxygens (including phenoxy) is 2. The third kappa shape index (κ3) is 63.8. The summed E-state index contributed by atoms with van der Waals surface area (Å²) >= 11 is 0. The van der Waals surface area contributed by atoms with Gasteiger partial charge < -0.3 is 18.9 Å². The second kappa shape index (κ2) is 59.4. The van der Waals surface area contributed by atoms with Gasteiger partial charge >= 0.3 is 19.8 Å². The van der Waals surface area contributed by atoms with Crippen molar-refractivity contribution in [2.75, 3.05) is 47.5 Å². The molecule has 0 aliphatic heterocycles. The number of unbranched alkanes of at least 4 members (excludes halogenated alkanes) is 48. The van der Waals surface area contributed by atoms with Gasteiger partial charge in [0.1, 0.15) is 19.8 Å². The quantitative estimate of drug-likeness (QED) is 0.0211. The number of carbonyl (C=O) groups excluding carboxylic acids is 2. The van der Waals surface area contributed by atoms with Crippen molar-refractivity contribution in [3.05, 3.63) is 12.2 Å². The number of rotatable bonds is 64. The molecule has 0 heterocycles. The molecule has 2 unspecified atom stereocenters. The topological polar surface area (TPSA) is 108 Å². The lowest BCUT2D eigenvalue weighted by Crippen LogP contribution is -2.37. The number of phosphoric ester groups is 1. The highest BCUT2D eigenvalue weighted by atomic mass is 31.2. The summed E-state index contributed by atoms with van der Waals surface area (Å²) in [6, 6.07) is 0. The Morgan fingerprint density at radius 3 is 0.961 bits per heavy atom. The molecular weight excluding hydrogens is 978 g/mol. The lowest BCUT2D eigenvalue weighted by atomic mass is 10.0. The van der Waals surface area contributed by atoms with Crippen LogP contribution in [0.4, 0.5) is 0 Å². The standard InChI is InChI=1S/C67H132NO8P/c1-6-8-10-12-14-16-18-20-22-24-25-26-27-28-29-30-31-32-33-34-35-36-37-38-39-40-41-42-43-44-46-47-49-51-53-55-57-59-66(69)73-63-65(64-75-77(71,72)74-62-61-68(3,4)5)76-67(70)60-58-56-54-52-50-48-45-23-21-19-17-15-13-11-9-7-2/h23,45,65H,6-22,24-44,46-64H2,1-5H3/p+1/b45-23-. The van der Waals surface area contributed by atoms with Gasteiger partial charge in [-0.3, -0.25) is 18.6 Å². The van der Waals surface area contributed by atoms with Crippen molar-refractivity contribution in [3.63, 3.8) is 0 Å². The summed E-state index contributed by atoms with van der Waals surface area (Å²) in [5.41, 5.74) is 0. The van der Waals surface area contributed by atoms with Crippen LogP contribution in [0, 0.1) is 0 Å². The SMILES string of the molecule is CCCCCCCCC/C=C\CCCCCCCC(=O)OC(COC(=O)CCCCCCCCCCCCCCCCCCCCCCCCCCCCCCCCCCCCCCC)COP(=O)(O)OCC[N+](C)(C)C. The highest BCUT2D eigenvalue weighted by Gasteiger charge is 2.27. The number of esters is 2. The van der Waals surface area contributed by atoms with Crippen LogP contribution < -0.4 is 0 Å². The van der Waals surface area contributed by atoms with Crippen molar-refractivity contribution in [1.82, 2.24) is 0 Å². The molecule has 0 aliphatic carbocycles. The third-order valence-electron chi connectivity index (χ3n) is 15.5. The largest absolute Gasteiger partial charge is 0.472 e. The molecule has 0 aromatic heterocycles. The van der Waals surface area contributed by atoms with E-state index in [-0.39, 0.29) is 25.6 Å². The lowest BCUT2D eigenvalue weighted by molar-refractivity contribution is -0.870. The Kier molecular flexibility index (Phi) is 58.4. The van der Waals surface area contributed by atoms with Gasteiger partial charge in [0.15, 0.2) is 6.10 Å². The molecule has 0 amide bonds. The Hall–Kier alpha value is -1.25. The van der Waals surface area contributed by atoms with Gasteiger partial charge in [-0.25, -0.2) is 4.57 Å². The predicted octanol–water partition coefficient (Wildman–Crippen LogP) is 21.6. The smallest absolute Gasteiger partial charge is 0.462 e. The number of hydrogen-bond donors (Lipinski definition) is 1. The zero-order chi connectivity index (χ0) is 56.3. The van der Waals surface area contributed by atoms with Crippen molar-refractivity contribution < 1.29 is 42.1 Å². The number of allylic oxidation sites excluding steroid dienone is 2. The van der Waals surface area contributed by atoms with Crippen LogP contribution in [0.5, 0.6) is 0 Å². The molecule has 0 saturated heterocycles. The van der Waals surface area contributed by atoms with E-state index in [4.69, 9.17) is 18.5 Å². The zero-order valence-electron chi connectivity index (χ0n) is 52.2. The molecule has 10 heteroatoms. The average Bonchev–Trinajstić information content (AvgIpc) is 3.39. The van der Waals surface area contributed by atoms with Crippen LogP contribution in [0.1, 0.15) is 354 Å². The number of phosphoric acid groups is 1. The molecule has 0 saturated carbocycles. The molecule has 0 radical (unpaired) electrons. The van der Waals surface area contributed by atoms with Crippen molar-refractivity contribution in [2.24, 2.45) is 0 Å². The molecule has 2 atom stereocenters. The highest BCUT2D eigenvalue weighted by molar-refractivity contribution is 7.47. The summed E-state index contributed by atoms with van der Waals surface area (Å²) in [4.78, 5) is 35.7. The first-order valence-corrected chi connectivity index (χ1v) is 35.4. The molecular formula is C67H133NO8P+. The second-order valence-corrected chi connectivity index (χ2v) is 26.0. The number of nitrogens with zero attached hydrogens (tertiary/aromatic N) is 1. The molecule has 0 fully saturated rings. The number of carbonyl (C=O) groups is 2. The molecule has 0 aliphatic rings. The normalized spacial score (nSPS) is 13.2. The van der Waals surface area contributed by atoms with Crippen LogP contribution in [-0.2, 0) is 32.7 Å². The molecule has 1 N–H and O–H groups in total. The van der Waals surface area contributed by atoms with E-state index in [1.165, 1.54) is 270 Å². The van der Waals surface area contributed by atoms with Gasteiger partial charge in [0.05, 0.1) is 27.7 Å². The monoisotopic (exact) mass is 1110 g/mol. The van der Waals surface area contributed by atoms with E-state index in [1.54, 1.807) is 0 Å². The van der Waals surface area contributed by atoms with Crippen LogP contribution >= 0.6 is 7.82 Å². The van der Waals surface area contributed by atoms with Crippen LogP contribution in [0.25, 0.3) is 0 Å². The Bertz CT molecular complexity index is 1300. The Morgan fingerprint density at radius 2 is 0.662 bits per heavy atom. The van der Waals surface area contributed by atoms with Crippen molar-refractivity contribution in [3.8, 4) is 0 Å². The van der Waals surface area contributed by atoms with E-state index >= 15 is 0 Å². The molecule has 0 aromatic rings. The maximum atomic E-state index is 12.8. The van der Waals surface area contributed by atoms with E-state index in [0.717, 1.165) is 51.4 Å². The van der Waals surface area contributed by atoms with Gasteiger partial charge in [0, 0.05) is 12.8 Å². The van der Waals surface area contributed by atoms with Crippen LogP contribution in [-0.4, -0.2) is 74.9 Å². The molecule has 9 nitrogen and oxygen atoms in total. The predicted molar refractivity (Wildman–Crippen MR) is 331 cm³/mol. The molecule has 0 bridgehead atoms. The molecule has 77 heavy (non-hydrogen) atoms. The summed E-state index contributed by atoms with van der Waals surface area (Å²) in [6.07, 6.45) is 72.0. The third-order valence-corrected chi connectivity index (χ3v) is 16.5. The van der Waals surface area contributed by atoms with Gasteiger partial charge in [-0.1, -0.05) is 315 Å². The van der Waals surface area contributed by atoms with Crippen LogP contribution in [0.3, 0.4) is 0 Å². The fourth-order valence-corrected chi connectivity index (χ4v) is 11.1. The second-order valence-electron chi connectivity index (χ2n) is 24.6. The lowest BCUT2D eigenvalue weighted by Gasteiger charge is -2.24. The summed E-state index contributed by atoms with van der Waals surface area (Å²) in [5, 5.41) is 0. The first-order valence-electron chi connectivity index (χ1n) is 33.9. The van der Waals surface area contributed by atoms with E-state index in [0.29, 0.717) is 23.9 Å². The molecule has 0 aromatic carbocycles. The van der Waals surface area contributed by atoms with Crippen LogP contribution in [0.2, 0.25) is 0 Å². The summed E-state index contributed by atoms with van der Waals surface area (Å²) < 4.78 is 34.6. The fraction of sp³-hybridized carbons (Fsp3) is 0.940. The summed E-state index contributed by atoms with van der Waals surface area (Å²) in [5.74, 6) is -0.787. The summed E-state index contributed by atoms with van der Waals surface area (Å²) in [7, 11) is 1.49. The van der Waals surface area contributed by atoms with Crippen molar-refractivity contribution in [2.45, 2.75) is 360 Å². The Balaban J connectivity index is 3.87. The van der Waals surface area contributed by atoms with E-state index in [2.05, 4.69) is 26.0 Å².